The normalized spacial score (nSPS) is 17.8. The number of methoxy groups -OCH3 is 1. The van der Waals surface area contributed by atoms with Gasteiger partial charge in [0.2, 0.25) is 0 Å². The highest BCUT2D eigenvalue weighted by Crippen LogP contribution is 2.15. The van der Waals surface area contributed by atoms with Gasteiger partial charge in [0, 0.05) is 37.3 Å². The molecule has 5 nitrogen and oxygen atoms in total. The first-order valence-corrected chi connectivity index (χ1v) is 7.55. The summed E-state index contributed by atoms with van der Waals surface area (Å²) in [5.74, 6) is -0.421. The molecule has 1 heterocycles. The van der Waals surface area contributed by atoms with Gasteiger partial charge in [-0.1, -0.05) is 17.7 Å². The second kappa shape index (κ2) is 8.31. The quantitative estimate of drug-likeness (QED) is 0.815. The Morgan fingerprint density at radius 2 is 2.32 bits per heavy atom. The van der Waals surface area contributed by atoms with Gasteiger partial charge < -0.3 is 19.7 Å². The summed E-state index contributed by atoms with van der Waals surface area (Å²) in [6, 6.07) is 4.19. The number of nitrogens with zero attached hydrogens (tertiary/aromatic N) is 1. The first-order valence-electron chi connectivity index (χ1n) is 7.17. The molecule has 7 heteroatoms. The molecule has 0 unspecified atom stereocenters. The number of nitrogens with one attached hydrogen (secondary N) is 1. The molecule has 0 aliphatic carbocycles. The molecule has 0 spiro atoms. The number of halogens is 2. The summed E-state index contributed by atoms with van der Waals surface area (Å²) in [5, 5.41) is 3.05. The standard InChI is InChI=1S/C15H20ClFN2O3/c1-21-6-7-22-13-4-5-19(10-13)15(20)18-9-11-2-3-12(16)8-14(11)17/h2-3,8,13H,4-7,9-10H2,1H3,(H,18,20)/t13-/m1/s1. The maximum absolute atomic E-state index is 13.6. The molecule has 0 radical (unpaired) electrons. The van der Waals surface area contributed by atoms with Gasteiger partial charge in [-0.05, 0) is 18.6 Å². The lowest BCUT2D eigenvalue weighted by atomic mass is 10.2. The van der Waals surface area contributed by atoms with Crippen LogP contribution in [0.4, 0.5) is 9.18 Å². The van der Waals surface area contributed by atoms with E-state index in [1.807, 2.05) is 0 Å². The van der Waals surface area contributed by atoms with Crippen molar-refractivity contribution in [2.45, 2.75) is 19.1 Å². The molecular formula is C15H20ClFN2O3. The molecule has 1 saturated heterocycles. The fraction of sp³-hybridized carbons (Fsp3) is 0.533. The van der Waals surface area contributed by atoms with E-state index in [1.54, 1.807) is 24.1 Å². The first kappa shape index (κ1) is 17.0. The maximum atomic E-state index is 13.6. The number of rotatable bonds is 6. The van der Waals surface area contributed by atoms with E-state index in [1.165, 1.54) is 6.07 Å². The van der Waals surface area contributed by atoms with Crippen LogP contribution in [0.3, 0.4) is 0 Å². The third-order valence-corrected chi connectivity index (χ3v) is 3.75. The van der Waals surface area contributed by atoms with Crippen LogP contribution in [0.1, 0.15) is 12.0 Å². The SMILES string of the molecule is COCCO[C@@H]1CCN(C(=O)NCc2ccc(Cl)cc2F)C1. The lowest BCUT2D eigenvalue weighted by Gasteiger charge is -2.17. The Kier molecular flexibility index (Phi) is 6.42. The topological polar surface area (TPSA) is 50.8 Å². The van der Waals surface area contributed by atoms with Crippen molar-refractivity contribution in [3.8, 4) is 0 Å². The van der Waals surface area contributed by atoms with Gasteiger partial charge >= 0.3 is 6.03 Å². The monoisotopic (exact) mass is 330 g/mol. The van der Waals surface area contributed by atoms with E-state index < -0.39 is 5.82 Å². The summed E-state index contributed by atoms with van der Waals surface area (Å²) in [5.41, 5.74) is 0.407. The summed E-state index contributed by atoms with van der Waals surface area (Å²) in [6.07, 6.45) is 0.833. The Morgan fingerprint density at radius 3 is 3.05 bits per heavy atom. The zero-order valence-corrected chi connectivity index (χ0v) is 13.2. The average Bonchev–Trinajstić information content (AvgIpc) is 2.95. The van der Waals surface area contributed by atoms with Crippen molar-refractivity contribution in [2.24, 2.45) is 0 Å². The summed E-state index contributed by atoms with van der Waals surface area (Å²) in [7, 11) is 1.62. The Balaban J connectivity index is 1.76. The number of carbonyl (C=O) groups is 1. The van der Waals surface area contributed by atoms with Gasteiger partial charge in [0.25, 0.3) is 0 Å². The lowest BCUT2D eigenvalue weighted by Crippen LogP contribution is -2.39. The van der Waals surface area contributed by atoms with Gasteiger partial charge in [-0.25, -0.2) is 9.18 Å². The lowest BCUT2D eigenvalue weighted by molar-refractivity contribution is 0.0236. The third-order valence-electron chi connectivity index (χ3n) is 3.52. The van der Waals surface area contributed by atoms with Crippen LogP contribution in [0.25, 0.3) is 0 Å². The maximum Gasteiger partial charge on any atom is 0.317 e. The Hall–Kier alpha value is -1.37. The number of hydrogen-bond acceptors (Lipinski definition) is 3. The molecule has 122 valence electrons. The van der Waals surface area contributed by atoms with Crippen molar-refractivity contribution in [1.29, 1.82) is 0 Å². The van der Waals surface area contributed by atoms with Crippen molar-refractivity contribution >= 4 is 17.6 Å². The Bertz CT molecular complexity index is 516. The zero-order chi connectivity index (χ0) is 15.9. The smallest absolute Gasteiger partial charge is 0.317 e. The van der Waals surface area contributed by atoms with E-state index in [2.05, 4.69) is 5.32 Å². The summed E-state index contributed by atoms with van der Waals surface area (Å²) < 4.78 is 24.1. The van der Waals surface area contributed by atoms with E-state index in [0.717, 1.165) is 6.42 Å². The van der Waals surface area contributed by atoms with Gasteiger partial charge in [0.05, 0.1) is 19.3 Å². The minimum atomic E-state index is -0.421. The van der Waals surface area contributed by atoms with Gasteiger partial charge in [0.1, 0.15) is 5.82 Å². The molecule has 0 saturated carbocycles. The van der Waals surface area contributed by atoms with Gasteiger partial charge in [-0.15, -0.1) is 0 Å². The molecule has 0 bridgehead atoms. The van der Waals surface area contributed by atoms with Crippen LogP contribution in [-0.2, 0) is 16.0 Å². The second-order valence-electron chi connectivity index (χ2n) is 5.11. The van der Waals surface area contributed by atoms with Crippen LogP contribution in [0.15, 0.2) is 18.2 Å². The summed E-state index contributed by atoms with van der Waals surface area (Å²) >= 11 is 5.69. The van der Waals surface area contributed by atoms with E-state index in [9.17, 15) is 9.18 Å². The molecule has 1 fully saturated rings. The largest absolute Gasteiger partial charge is 0.382 e. The molecule has 1 aliphatic rings. The Labute approximate surface area is 134 Å². The van der Waals surface area contributed by atoms with Crippen molar-refractivity contribution < 1.29 is 18.7 Å². The molecule has 1 N–H and O–H groups in total. The number of urea groups is 1. The molecule has 22 heavy (non-hydrogen) atoms. The van der Waals surface area contributed by atoms with E-state index in [-0.39, 0.29) is 18.7 Å². The fourth-order valence-electron chi connectivity index (χ4n) is 2.29. The highest BCUT2D eigenvalue weighted by atomic mass is 35.5. The second-order valence-corrected chi connectivity index (χ2v) is 5.55. The van der Waals surface area contributed by atoms with E-state index in [4.69, 9.17) is 21.1 Å². The molecule has 1 aliphatic heterocycles. The highest BCUT2D eigenvalue weighted by Gasteiger charge is 2.26. The minimum Gasteiger partial charge on any atom is -0.382 e. The number of amides is 2. The van der Waals surface area contributed by atoms with Gasteiger partial charge in [-0.3, -0.25) is 0 Å². The summed E-state index contributed by atoms with van der Waals surface area (Å²) in [4.78, 5) is 13.7. The van der Waals surface area contributed by atoms with Crippen LogP contribution in [0.5, 0.6) is 0 Å². The minimum absolute atomic E-state index is 0.0353. The Morgan fingerprint density at radius 1 is 1.50 bits per heavy atom. The molecule has 2 amide bonds. The number of carbonyl (C=O) groups excluding carboxylic acids is 1. The van der Waals surface area contributed by atoms with Crippen LogP contribution in [-0.4, -0.2) is 50.4 Å². The van der Waals surface area contributed by atoms with Crippen LogP contribution in [0.2, 0.25) is 5.02 Å². The van der Waals surface area contributed by atoms with Gasteiger partial charge in [0.15, 0.2) is 0 Å². The molecular weight excluding hydrogens is 311 g/mol. The molecule has 1 aromatic carbocycles. The molecule has 2 rings (SSSR count). The van der Waals surface area contributed by atoms with E-state index in [0.29, 0.717) is 36.9 Å². The fourth-order valence-corrected chi connectivity index (χ4v) is 2.45. The highest BCUT2D eigenvalue weighted by molar-refractivity contribution is 6.30. The van der Waals surface area contributed by atoms with E-state index >= 15 is 0 Å². The number of benzene rings is 1. The zero-order valence-electron chi connectivity index (χ0n) is 12.5. The third kappa shape index (κ3) is 4.83. The first-order chi connectivity index (χ1) is 10.6. The summed E-state index contributed by atoms with van der Waals surface area (Å²) in [6.45, 7) is 2.36. The van der Waals surface area contributed by atoms with Crippen molar-refractivity contribution in [1.82, 2.24) is 10.2 Å². The van der Waals surface area contributed by atoms with Gasteiger partial charge in [-0.2, -0.15) is 0 Å². The number of hydrogen-bond donors (Lipinski definition) is 1. The predicted octanol–water partition coefficient (Wildman–Crippen LogP) is 2.43. The predicted molar refractivity (Wildman–Crippen MR) is 81.5 cm³/mol. The number of likely N-dealkylation sites (tertiary alicyclic amines) is 1. The molecule has 1 atom stereocenters. The van der Waals surface area contributed by atoms with Crippen LogP contribution < -0.4 is 5.32 Å². The van der Waals surface area contributed by atoms with Crippen molar-refractivity contribution in [3.05, 3.63) is 34.6 Å². The number of ether oxygens (including phenoxy) is 2. The average molecular weight is 331 g/mol. The van der Waals surface area contributed by atoms with Crippen molar-refractivity contribution in [3.63, 3.8) is 0 Å². The van der Waals surface area contributed by atoms with Crippen LogP contribution >= 0.6 is 11.6 Å². The van der Waals surface area contributed by atoms with Crippen molar-refractivity contribution in [2.75, 3.05) is 33.4 Å². The molecule has 1 aromatic rings. The van der Waals surface area contributed by atoms with Crippen LogP contribution in [0, 0.1) is 5.82 Å². The molecule has 0 aromatic heterocycles.